The summed E-state index contributed by atoms with van der Waals surface area (Å²) in [5.74, 6) is -4.57. The van der Waals surface area contributed by atoms with Crippen LogP contribution in [0.3, 0.4) is 0 Å². The quantitative estimate of drug-likeness (QED) is 0.512. The molecule has 0 aromatic heterocycles. The van der Waals surface area contributed by atoms with Crippen molar-refractivity contribution in [2.24, 2.45) is 5.92 Å². The van der Waals surface area contributed by atoms with Crippen LogP contribution < -0.4 is 20.9 Å². The van der Waals surface area contributed by atoms with Crippen molar-refractivity contribution in [1.29, 1.82) is 0 Å². The highest BCUT2D eigenvalue weighted by molar-refractivity contribution is 9.10. The van der Waals surface area contributed by atoms with Crippen LogP contribution in [0.15, 0.2) is 46.9 Å². The number of nitrogens with one attached hydrogen (secondary N) is 3. The van der Waals surface area contributed by atoms with Crippen LogP contribution in [0.25, 0.3) is 0 Å². The summed E-state index contributed by atoms with van der Waals surface area (Å²) in [6, 6.07) is 8.72. The van der Waals surface area contributed by atoms with E-state index < -0.39 is 53.0 Å². The highest BCUT2D eigenvalue weighted by atomic mass is 79.9. The molecular formula is C21H22BrF2N3O4. The number of rotatable bonds is 7. The molecule has 0 heterocycles. The van der Waals surface area contributed by atoms with Gasteiger partial charge in [0.05, 0.1) is 0 Å². The molecule has 0 bridgehead atoms. The molecular weight excluding hydrogens is 476 g/mol. The van der Waals surface area contributed by atoms with Crippen LogP contribution in [0.5, 0.6) is 5.75 Å². The van der Waals surface area contributed by atoms with Crippen molar-refractivity contribution in [3.8, 4) is 5.75 Å². The summed E-state index contributed by atoms with van der Waals surface area (Å²) in [6.45, 7) is 4.75. The van der Waals surface area contributed by atoms with Crippen molar-refractivity contribution < 1.29 is 27.9 Å². The summed E-state index contributed by atoms with van der Waals surface area (Å²) in [5, 5.41) is 2.29. The predicted octanol–water partition coefficient (Wildman–Crippen LogP) is 3.10. The third-order valence-corrected chi connectivity index (χ3v) is 4.71. The van der Waals surface area contributed by atoms with E-state index in [1.54, 1.807) is 38.1 Å². The average molecular weight is 498 g/mol. The molecule has 3 N–H and O–H groups in total. The van der Waals surface area contributed by atoms with E-state index in [1.165, 1.54) is 6.92 Å². The summed E-state index contributed by atoms with van der Waals surface area (Å²) in [5.41, 5.74) is 3.62. The van der Waals surface area contributed by atoms with E-state index in [2.05, 4.69) is 32.1 Å². The molecule has 0 fully saturated rings. The maximum Gasteiger partial charge on any atom is 0.279 e. The second-order valence-electron chi connectivity index (χ2n) is 6.99. The van der Waals surface area contributed by atoms with Crippen molar-refractivity contribution in [3.05, 3.63) is 64.1 Å². The molecule has 2 aromatic rings. The van der Waals surface area contributed by atoms with Crippen LogP contribution in [0.2, 0.25) is 0 Å². The molecule has 31 heavy (non-hydrogen) atoms. The van der Waals surface area contributed by atoms with Crippen LogP contribution >= 0.6 is 15.9 Å². The predicted molar refractivity (Wildman–Crippen MR) is 113 cm³/mol. The lowest BCUT2D eigenvalue weighted by Crippen LogP contribution is -2.56. The van der Waals surface area contributed by atoms with Gasteiger partial charge < -0.3 is 10.1 Å². The molecule has 2 atom stereocenters. The van der Waals surface area contributed by atoms with Gasteiger partial charge in [0.1, 0.15) is 29.0 Å². The van der Waals surface area contributed by atoms with E-state index in [4.69, 9.17) is 4.74 Å². The van der Waals surface area contributed by atoms with Gasteiger partial charge in [-0.1, -0.05) is 41.9 Å². The third kappa shape index (κ3) is 6.74. The van der Waals surface area contributed by atoms with Gasteiger partial charge in [-0.25, -0.2) is 8.78 Å². The average Bonchev–Trinajstić information content (AvgIpc) is 2.69. The van der Waals surface area contributed by atoms with Gasteiger partial charge in [-0.15, -0.1) is 0 Å². The molecule has 0 radical (unpaired) electrons. The fourth-order valence-corrected chi connectivity index (χ4v) is 2.94. The zero-order valence-corrected chi connectivity index (χ0v) is 18.6. The van der Waals surface area contributed by atoms with Gasteiger partial charge in [0.15, 0.2) is 6.10 Å². The summed E-state index contributed by atoms with van der Waals surface area (Å²) < 4.78 is 33.9. The Morgan fingerprint density at radius 3 is 2.10 bits per heavy atom. The molecule has 3 amide bonds. The minimum absolute atomic E-state index is 0.439. The van der Waals surface area contributed by atoms with Gasteiger partial charge in [0.2, 0.25) is 0 Å². The second kappa shape index (κ2) is 10.9. The van der Waals surface area contributed by atoms with Gasteiger partial charge >= 0.3 is 0 Å². The SMILES string of the molecule is CC(Oc1cccc(Br)c1)C(=O)NNC(=O)[C@@H](NC(=O)c1c(F)cccc1F)C(C)C. The standard InChI is InChI=1S/C21H22BrF2N3O4/c1-11(2)18(25-20(29)17-15(23)8-5-9-16(17)24)21(30)27-26-19(28)12(3)31-14-7-4-6-13(22)10-14/h4-12,18H,1-3H3,(H,25,29)(H,26,28)(H,27,30)/t12?,18-/m0/s1. The fraction of sp³-hybridized carbons (Fsp3) is 0.286. The van der Waals surface area contributed by atoms with Crippen LogP contribution in [0.1, 0.15) is 31.1 Å². The van der Waals surface area contributed by atoms with Gasteiger partial charge in [-0.2, -0.15) is 0 Å². The number of carbonyl (C=O) groups is 3. The zero-order valence-electron chi connectivity index (χ0n) is 17.0. The maximum atomic E-state index is 13.8. The van der Waals surface area contributed by atoms with E-state index in [1.807, 2.05) is 0 Å². The second-order valence-corrected chi connectivity index (χ2v) is 7.90. The van der Waals surface area contributed by atoms with Crippen LogP contribution in [0, 0.1) is 17.6 Å². The number of carbonyl (C=O) groups excluding carboxylic acids is 3. The molecule has 0 saturated heterocycles. The van der Waals surface area contributed by atoms with E-state index in [0.29, 0.717) is 5.75 Å². The number of halogens is 3. The summed E-state index contributed by atoms with van der Waals surface area (Å²) >= 11 is 3.29. The minimum Gasteiger partial charge on any atom is -0.481 e. The van der Waals surface area contributed by atoms with Gasteiger partial charge in [0, 0.05) is 4.47 Å². The molecule has 0 aliphatic heterocycles. The molecule has 0 spiro atoms. The Balaban J connectivity index is 1.97. The highest BCUT2D eigenvalue weighted by Gasteiger charge is 2.28. The number of ether oxygens (including phenoxy) is 1. The molecule has 2 rings (SSSR count). The first-order chi connectivity index (χ1) is 14.6. The van der Waals surface area contributed by atoms with Crippen molar-refractivity contribution in [2.45, 2.75) is 32.9 Å². The van der Waals surface area contributed by atoms with Crippen LogP contribution in [0.4, 0.5) is 8.78 Å². The molecule has 0 aliphatic rings. The van der Waals surface area contributed by atoms with Crippen LogP contribution in [-0.2, 0) is 9.59 Å². The lowest BCUT2D eigenvalue weighted by Gasteiger charge is -2.23. The van der Waals surface area contributed by atoms with Crippen molar-refractivity contribution in [3.63, 3.8) is 0 Å². The minimum atomic E-state index is -1.16. The van der Waals surface area contributed by atoms with E-state index in [-0.39, 0.29) is 0 Å². The zero-order chi connectivity index (χ0) is 23.1. The van der Waals surface area contributed by atoms with Gasteiger partial charge in [-0.05, 0) is 43.2 Å². The largest absolute Gasteiger partial charge is 0.481 e. The Morgan fingerprint density at radius 2 is 1.52 bits per heavy atom. The molecule has 0 aliphatic carbocycles. The Kier molecular flexibility index (Phi) is 8.49. The fourth-order valence-electron chi connectivity index (χ4n) is 2.56. The molecule has 7 nitrogen and oxygen atoms in total. The van der Waals surface area contributed by atoms with Crippen molar-refractivity contribution >= 4 is 33.7 Å². The summed E-state index contributed by atoms with van der Waals surface area (Å²) in [4.78, 5) is 37.0. The Labute approximate surface area is 186 Å². The molecule has 166 valence electrons. The van der Waals surface area contributed by atoms with E-state index >= 15 is 0 Å². The van der Waals surface area contributed by atoms with Crippen molar-refractivity contribution in [1.82, 2.24) is 16.2 Å². The summed E-state index contributed by atoms with van der Waals surface area (Å²) in [6.07, 6.45) is -0.936. The Morgan fingerprint density at radius 1 is 0.935 bits per heavy atom. The highest BCUT2D eigenvalue weighted by Crippen LogP contribution is 2.19. The molecule has 0 saturated carbocycles. The maximum absolute atomic E-state index is 13.8. The van der Waals surface area contributed by atoms with E-state index in [9.17, 15) is 23.2 Å². The first-order valence-electron chi connectivity index (χ1n) is 9.37. The first kappa shape index (κ1) is 24.3. The lowest BCUT2D eigenvalue weighted by atomic mass is 10.0. The van der Waals surface area contributed by atoms with Crippen molar-refractivity contribution in [2.75, 3.05) is 0 Å². The van der Waals surface area contributed by atoms with Gasteiger partial charge in [0.25, 0.3) is 17.7 Å². The monoisotopic (exact) mass is 497 g/mol. The third-order valence-electron chi connectivity index (χ3n) is 4.21. The molecule has 1 unspecified atom stereocenters. The number of hydrazine groups is 1. The van der Waals surface area contributed by atoms with Gasteiger partial charge in [-0.3, -0.25) is 25.2 Å². The smallest absolute Gasteiger partial charge is 0.279 e. The Hall–Kier alpha value is -3.01. The number of hydrogen-bond acceptors (Lipinski definition) is 4. The molecule has 2 aromatic carbocycles. The molecule has 10 heteroatoms. The summed E-state index contributed by atoms with van der Waals surface area (Å²) in [7, 11) is 0. The number of benzene rings is 2. The Bertz CT molecular complexity index is 951. The normalized spacial score (nSPS) is 12.6. The first-order valence-corrected chi connectivity index (χ1v) is 10.2. The van der Waals surface area contributed by atoms with Crippen LogP contribution in [-0.4, -0.2) is 29.9 Å². The number of hydrogen-bond donors (Lipinski definition) is 3. The number of amides is 3. The lowest BCUT2D eigenvalue weighted by molar-refractivity contribution is -0.133. The topological polar surface area (TPSA) is 96.5 Å². The van der Waals surface area contributed by atoms with E-state index in [0.717, 1.165) is 22.7 Å².